The van der Waals surface area contributed by atoms with Crippen molar-refractivity contribution in [3.8, 4) is 11.1 Å². The Morgan fingerprint density at radius 3 is 2.00 bits per heavy atom. The number of carboxylic acids is 1. The minimum Gasteiger partial charge on any atom is -0.478 e. The van der Waals surface area contributed by atoms with Crippen molar-refractivity contribution in [2.75, 3.05) is 10.8 Å². The number of benzene rings is 4. The molecule has 4 aromatic rings. The van der Waals surface area contributed by atoms with E-state index < -0.39 is 11.9 Å². The summed E-state index contributed by atoms with van der Waals surface area (Å²) in [6.07, 6.45) is 0. The van der Waals surface area contributed by atoms with Crippen molar-refractivity contribution in [2.24, 2.45) is 0 Å². The molecular weight excluding hydrogens is 555 g/mol. The van der Waals surface area contributed by atoms with E-state index in [-0.39, 0.29) is 29.4 Å². The Bertz CT molecular complexity index is 1570. The zero-order valence-electron chi connectivity index (χ0n) is 21.6. The maximum atomic E-state index is 12.8. The molecule has 0 heterocycles. The summed E-state index contributed by atoms with van der Waals surface area (Å²) in [4.78, 5) is 34.3. The van der Waals surface area contributed by atoms with E-state index in [0.29, 0.717) is 16.4 Å². The van der Waals surface area contributed by atoms with Gasteiger partial charge in [-0.1, -0.05) is 70.7 Å². The highest BCUT2D eigenvalue weighted by Crippen LogP contribution is 2.33. The summed E-state index contributed by atoms with van der Waals surface area (Å²) in [5, 5.41) is 21.6. The van der Waals surface area contributed by atoms with Crippen LogP contribution in [0.5, 0.6) is 0 Å². The van der Waals surface area contributed by atoms with E-state index in [4.69, 9.17) is 33.3 Å². The fourth-order valence-corrected chi connectivity index (χ4v) is 4.53. The van der Waals surface area contributed by atoms with Gasteiger partial charge in [0.25, 0.3) is 5.91 Å². The predicted octanol–water partition coefficient (Wildman–Crippen LogP) is 7.76. The van der Waals surface area contributed by atoms with Gasteiger partial charge in [0, 0.05) is 0 Å². The Morgan fingerprint density at radius 2 is 1.38 bits per heavy atom. The lowest BCUT2D eigenvalue weighted by Gasteiger charge is -2.14. The van der Waals surface area contributed by atoms with Gasteiger partial charge in [-0.2, -0.15) is 0 Å². The van der Waals surface area contributed by atoms with Gasteiger partial charge in [0.05, 0.1) is 32.5 Å². The van der Waals surface area contributed by atoms with Gasteiger partial charge >= 0.3 is 5.97 Å². The molecule has 0 unspecified atom stereocenters. The molecule has 1 amide bonds. The second kappa shape index (κ2) is 13.0. The average Bonchev–Trinajstić information content (AvgIpc) is 2.92. The molecule has 0 aliphatic heterocycles. The van der Waals surface area contributed by atoms with Gasteiger partial charge in [-0.15, -0.1) is 0 Å². The third-order valence-electron chi connectivity index (χ3n) is 6.16. The number of carboxylic acid groups (broad SMARTS) is 1. The number of rotatable bonds is 10. The highest BCUT2D eigenvalue weighted by atomic mass is 35.5. The Morgan fingerprint density at radius 1 is 0.750 bits per heavy atom. The maximum absolute atomic E-state index is 12.8. The number of anilines is 2. The number of nitrogens with one attached hydrogen (secondary N) is 2. The van der Waals surface area contributed by atoms with Crippen molar-refractivity contribution >= 4 is 46.5 Å². The molecule has 4 aromatic carbocycles. The molecule has 0 atom stereocenters. The Balaban J connectivity index is 1.44. The standard InChI is InChI=1S/C30H26Cl2N2O6/c1-17-3-5-21(16-40-38)22(11-17)15-39-34-28-10-7-20(14-26(28)32)19-6-9-27(25(31)13-19)33-29(35)24-12-18(2)4-8-23(24)30(36)37/h3-14,34,38H,15-16H2,1-2H3,(H,33,35)(H,36,37). The van der Waals surface area contributed by atoms with E-state index in [2.05, 4.69) is 15.7 Å². The Hall–Kier alpha value is -3.92. The van der Waals surface area contributed by atoms with Gasteiger partial charge in [-0.3, -0.25) is 20.4 Å². The van der Waals surface area contributed by atoms with Crippen molar-refractivity contribution < 1.29 is 29.7 Å². The first-order valence-corrected chi connectivity index (χ1v) is 12.9. The molecule has 206 valence electrons. The Labute approximate surface area is 241 Å². The van der Waals surface area contributed by atoms with Crippen LogP contribution in [-0.2, 0) is 22.9 Å². The second-order valence-corrected chi connectivity index (χ2v) is 9.95. The molecular formula is C30H26Cl2N2O6. The molecule has 0 saturated heterocycles. The van der Waals surface area contributed by atoms with Crippen LogP contribution in [0.2, 0.25) is 10.0 Å². The molecule has 0 aliphatic carbocycles. The molecule has 0 fully saturated rings. The number of hydrogen-bond donors (Lipinski definition) is 4. The smallest absolute Gasteiger partial charge is 0.336 e. The minimum atomic E-state index is -1.19. The van der Waals surface area contributed by atoms with E-state index in [1.807, 2.05) is 31.2 Å². The summed E-state index contributed by atoms with van der Waals surface area (Å²) in [6, 6.07) is 20.7. The molecule has 0 spiro atoms. The third kappa shape index (κ3) is 6.98. The molecule has 0 bridgehead atoms. The number of aromatic carboxylic acids is 1. The van der Waals surface area contributed by atoms with E-state index in [1.165, 1.54) is 12.1 Å². The van der Waals surface area contributed by atoms with E-state index in [1.54, 1.807) is 43.3 Å². The highest BCUT2D eigenvalue weighted by molar-refractivity contribution is 6.34. The topological polar surface area (TPSA) is 117 Å². The van der Waals surface area contributed by atoms with Crippen LogP contribution in [-0.4, -0.2) is 22.2 Å². The number of carbonyl (C=O) groups is 2. The second-order valence-electron chi connectivity index (χ2n) is 9.13. The van der Waals surface area contributed by atoms with Crippen LogP contribution in [0.1, 0.15) is 43.0 Å². The summed E-state index contributed by atoms with van der Waals surface area (Å²) in [6.45, 7) is 4.01. The van der Waals surface area contributed by atoms with Gasteiger partial charge in [0.1, 0.15) is 13.2 Å². The zero-order valence-corrected chi connectivity index (χ0v) is 23.1. The van der Waals surface area contributed by atoms with Crippen molar-refractivity contribution in [1.82, 2.24) is 0 Å². The lowest BCUT2D eigenvalue weighted by Crippen LogP contribution is -2.17. The molecule has 0 aromatic heterocycles. The van der Waals surface area contributed by atoms with Crippen molar-refractivity contribution in [1.29, 1.82) is 0 Å². The molecule has 40 heavy (non-hydrogen) atoms. The third-order valence-corrected chi connectivity index (χ3v) is 6.79. The molecule has 4 N–H and O–H groups in total. The highest BCUT2D eigenvalue weighted by Gasteiger charge is 2.18. The van der Waals surface area contributed by atoms with Gasteiger partial charge in [0.15, 0.2) is 0 Å². The van der Waals surface area contributed by atoms with E-state index in [9.17, 15) is 14.7 Å². The maximum Gasteiger partial charge on any atom is 0.336 e. The van der Waals surface area contributed by atoms with Gasteiger partial charge in [-0.25, -0.2) is 9.68 Å². The number of aryl methyl sites for hydroxylation is 2. The fraction of sp³-hybridized carbons (Fsp3) is 0.133. The SMILES string of the molecule is Cc1ccc(COO)c(CONc2ccc(-c3ccc(NC(=O)c4cc(C)ccc4C(=O)O)c(Cl)c3)cc2Cl)c1. The molecule has 0 radical (unpaired) electrons. The van der Waals surface area contributed by atoms with Crippen LogP contribution in [0, 0.1) is 13.8 Å². The lowest BCUT2D eigenvalue weighted by molar-refractivity contribution is -0.253. The van der Waals surface area contributed by atoms with Crippen LogP contribution in [0.4, 0.5) is 11.4 Å². The van der Waals surface area contributed by atoms with E-state index in [0.717, 1.165) is 33.4 Å². The fourth-order valence-electron chi connectivity index (χ4n) is 4.09. The minimum absolute atomic E-state index is 0.0464. The lowest BCUT2D eigenvalue weighted by atomic mass is 10.0. The molecule has 0 aliphatic rings. The van der Waals surface area contributed by atoms with Crippen LogP contribution in [0.15, 0.2) is 72.8 Å². The summed E-state index contributed by atoms with van der Waals surface area (Å²) < 4.78 is 0. The van der Waals surface area contributed by atoms with Crippen LogP contribution in [0.25, 0.3) is 11.1 Å². The summed E-state index contributed by atoms with van der Waals surface area (Å²) in [5.74, 6) is -1.76. The van der Waals surface area contributed by atoms with Gasteiger partial charge in [-0.05, 0) is 72.5 Å². The van der Waals surface area contributed by atoms with Crippen molar-refractivity contribution in [3.63, 3.8) is 0 Å². The van der Waals surface area contributed by atoms with Gasteiger partial charge < -0.3 is 10.4 Å². The van der Waals surface area contributed by atoms with Crippen molar-refractivity contribution in [3.05, 3.63) is 116 Å². The first kappa shape index (κ1) is 29.1. The summed E-state index contributed by atoms with van der Waals surface area (Å²) in [5.41, 5.74) is 8.70. The monoisotopic (exact) mass is 580 g/mol. The first-order chi connectivity index (χ1) is 19.2. The largest absolute Gasteiger partial charge is 0.478 e. The Kier molecular flexibility index (Phi) is 9.42. The average molecular weight is 581 g/mol. The number of hydrogen-bond acceptors (Lipinski definition) is 6. The van der Waals surface area contributed by atoms with Crippen LogP contribution >= 0.6 is 23.2 Å². The molecule has 0 saturated carbocycles. The van der Waals surface area contributed by atoms with E-state index >= 15 is 0 Å². The summed E-state index contributed by atoms with van der Waals surface area (Å²) in [7, 11) is 0. The predicted molar refractivity (Wildman–Crippen MR) is 155 cm³/mol. The van der Waals surface area contributed by atoms with Crippen LogP contribution < -0.4 is 10.8 Å². The van der Waals surface area contributed by atoms with Gasteiger partial charge in [0.2, 0.25) is 0 Å². The molecule has 10 heteroatoms. The van der Waals surface area contributed by atoms with Crippen molar-refractivity contribution in [2.45, 2.75) is 27.1 Å². The number of carbonyl (C=O) groups excluding carboxylic acids is 1. The number of amides is 1. The zero-order chi connectivity index (χ0) is 28.8. The number of halogens is 2. The summed E-state index contributed by atoms with van der Waals surface area (Å²) >= 11 is 13.0. The quantitative estimate of drug-likeness (QED) is 0.112. The molecule has 8 nitrogen and oxygen atoms in total. The van der Waals surface area contributed by atoms with Crippen LogP contribution in [0.3, 0.4) is 0 Å². The molecule has 4 rings (SSSR count). The first-order valence-electron chi connectivity index (χ1n) is 12.1. The normalized spacial score (nSPS) is 10.8.